The van der Waals surface area contributed by atoms with Gasteiger partial charge in [0.05, 0.1) is 13.7 Å². The van der Waals surface area contributed by atoms with Crippen LogP contribution in [0.5, 0.6) is 5.75 Å². The Bertz CT molecular complexity index is 453. The molecule has 2 rings (SSSR count). The minimum atomic E-state index is -1.26. The first-order valence-corrected chi connectivity index (χ1v) is 6.22. The molecule has 0 saturated carbocycles. The van der Waals surface area contributed by atoms with Crippen LogP contribution >= 0.6 is 0 Å². The topological polar surface area (TPSA) is 55.8 Å². The molecule has 0 radical (unpaired) electrons. The molecule has 1 unspecified atom stereocenters. The van der Waals surface area contributed by atoms with Crippen molar-refractivity contribution < 1.29 is 19.4 Å². The van der Waals surface area contributed by atoms with Gasteiger partial charge in [-0.05, 0) is 43.4 Å². The summed E-state index contributed by atoms with van der Waals surface area (Å²) >= 11 is 0. The molecule has 1 aliphatic carbocycles. The van der Waals surface area contributed by atoms with Crippen LogP contribution in [0.1, 0.15) is 36.1 Å². The minimum Gasteiger partial charge on any atom is -0.496 e. The standard InChI is InChI=1S/C14H18O4/c1-3-18-14(16)13(15)12-10-6-4-5-9(10)7-8-11(12)17-2/h7-8,13,15H,3-6H2,1-2H3. The van der Waals surface area contributed by atoms with Crippen LogP contribution in [0.3, 0.4) is 0 Å². The van der Waals surface area contributed by atoms with Crippen LogP contribution in [0, 0.1) is 0 Å². The van der Waals surface area contributed by atoms with Crippen molar-refractivity contribution in [2.75, 3.05) is 13.7 Å². The number of carbonyl (C=O) groups is 1. The number of aliphatic hydroxyl groups is 1. The quantitative estimate of drug-likeness (QED) is 0.828. The van der Waals surface area contributed by atoms with Gasteiger partial charge in [-0.15, -0.1) is 0 Å². The second-order valence-electron chi connectivity index (χ2n) is 4.33. The zero-order valence-corrected chi connectivity index (χ0v) is 10.7. The van der Waals surface area contributed by atoms with Gasteiger partial charge < -0.3 is 14.6 Å². The molecule has 0 amide bonds. The number of aliphatic hydroxyl groups excluding tert-OH is 1. The molecule has 0 fully saturated rings. The lowest BCUT2D eigenvalue weighted by atomic mass is 9.97. The highest BCUT2D eigenvalue weighted by atomic mass is 16.5. The van der Waals surface area contributed by atoms with Gasteiger partial charge in [0.2, 0.25) is 0 Å². The van der Waals surface area contributed by atoms with Gasteiger partial charge in [-0.1, -0.05) is 6.07 Å². The summed E-state index contributed by atoms with van der Waals surface area (Å²) in [7, 11) is 1.54. The molecular weight excluding hydrogens is 232 g/mol. The number of rotatable bonds is 4. The summed E-state index contributed by atoms with van der Waals surface area (Å²) in [6.07, 6.45) is 1.65. The summed E-state index contributed by atoms with van der Waals surface area (Å²) in [5.41, 5.74) is 2.80. The van der Waals surface area contributed by atoms with Crippen molar-refractivity contribution in [3.63, 3.8) is 0 Å². The van der Waals surface area contributed by atoms with Crippen molar-refractivity contribution >= 4 is 5.97 Å². The van der Waals surface area contributed by atoms with E-state index in [-0.39, 0.29) is 6.61 Å². The fourth-order valence-corrected chi connectivity index (χ4v) is 2.49. The summed E-state index contributed by atoms with van der Waals surface area (Å²) in [6, 6.07) is 3.81. The third kappa shape index (κ3) is 2.20. The Morgan fingerprint density at radius 2 is 2.22 bits per heavy atom. The highest BCUT2D eigenvalue weighted by Crippen LogP contribution is 2.36. The van der Waals surface area contributed by atoms with Crippen molar-refractivity contribution in [3.05, 3.63) is 28.8 Å². The first-order chi connectivity index (χ1) is 8.69. The van der Waals surface area contributed by atoms with Gasteiger partial charge >= 0.3 is 5.97 Å². The zero-order valence-electron chi connectivity index (χ0n) is 10.7. The lowest BCUT2D eigenvalue weighted by Gasteiger charge is -2.17. The Morgan fingerprint density at radius 1 is 1.44 bits per heavy atom. The number of esters is 1. The van der Waals surface area contributed by atoms with E-state index in [9.17, 15) is 9.90 Å². The Labute approximate surface area is 107 Å². The molecular formula is C14H18O4. The Balaban J connectivity index is 2.41. The molecule has 1 aromatic carbocycles. The van der Waals surface area contributed by atoms with E-state index in [1.807, 2.05) is 12.1 Å². The number of aryl methyl sites for hydroxylation is 1. The molecule has 0 spiro atoms. The third-order valence-corrected chi connectivity index (χ3v) is 3.29. The van der Waals surface area contributed by atoms with Crippen molar-refractivity contribution in [1.29, 1.82) is 0 Å². The van der Waals surface area contributed by atoms with Crippen molar-refractivity contribution in [2.45, 2.75) is 32.3 Å². The lowest BCUT2D eigenvalue weighted by Crippen LogP contribution is -2.18. The predicted molar refractivity (Wildman–Crippen MR) is 66.6 cm³/mol. The summed E-state index contributed by atoms with van der Waals surface area (Å²) in [6.45, 7) is 1.98. The van der Waals surface area contributed by atoms with E-state index in [1.165, 1.54) is 12.7 Å². The number of hydrogen-bond donors (Lipinski definition) is 1. The van der Waals surface area contributed by atoms with Crippen molar-refractivity contribution in [2.24, 2.45) is 0 Å². The SMILES string of the molecule is CCOC(=O)C(O)c1c(OC)ccc2c1CCC2. The molecule has 0 aliphatic heterocycles. The van der Waals surface area contributed by atoms with Crippen molar-refractivity contribution in [3.8, 4) is 5.75 Å². The Hall–Kier alpha value is -1.55. The first kappa shape index (κ1) is 12.9. The summed E-state index contributed by atoms with van der Waals surface area (Å²) in [5.74, 6) is -0.0627. The highest BCUT2D eigenvalue weighted by molar-refractivity contribution is 5.78. The average molecular weight is 250 g/mol. The molecule has 1 N–H and O–H groups in total. The molecule has 1 aromatic rings. The van der Waals surface area contributed by atoms with E-state index in [2.05, 4.69) is 0 Å². The van der Waals surface area contributed by atoms with Crippen LogP contribution < -0.4 is 4.74 Å². The molecule has 4 nitrogen and oxygen atoms in total. The molecule has 0 heterocycles. The molecule has 1 aliphatic rings. The number of ether oxygens (including phenoxy) is 2. The molecule has 98 valence electrons. The zero-order chi connectivity index (χ0) is 13.1. The normalized spacial score (nSPS) is 15.1. The largest absolute Gasteiger partial charge is 0.496 e. The summed E-state index contributed by atoms with van der Waals surface area (Å²) < 4.78 is 10.1. The van der Waals surface area contributed by atoms with E-state index < -0.39 is 12.1 Å². The molecule has 0 aromatic heterocycles. The van der Waals surface area contributed by atoms with Gasteiger partial charge in [0.25, 0.3) is 0 Å². The maximum atomic E-state index is 11.7. The van der Waals surface area contributed by atoms with Crippen LogP contribution in [-0.4, -0.2) is 24.8 Å². The monoisotopic (exact) mass is 250 g/mol. The van der Waals surface area contributed by atoms with Crippen LogP contribution in [0.2, 0.25) is 0 Å². The summed E-state index contributed by atoms with van der Waals surface area (Å²) in [5, 5.41) is 10.1. The second kappa shape index (κ2) is 5.40. The van der Waals surface area contributed by atoms with E-state index in [0.717, 1.165) is 24.8 Å². The highest BCUT2D eigenvalue weighted by Gasteiger charge is 2.28. The minimum absolute atomic E-state index is 0.257. The molecule has 18 heavy (non-hydrogen) atoms. The van der Waals surface area contributed by atoms with Gasteiger partial charge in [-0.2, -0.15) is 0 Å². The number of methoxy groups -OCH3 is 1. The molecule has 4 heteroatoms. The van der Waals surface area contributed by atoms with Gasteiger partial charge in [-0.3, -0.25) is 0 Å². The molecule has 0 saturated heterocycles. The van der Waals surface area contributed by atoms with Crippen LogP contribution in [0.4, 0.5) is 0 Å². The van der Waals surface area contributed by atoms with Crippen LogP contribution in [-0.2, 0) is 22.4 Å². The van der Waals surface area contributed by atoms with E-state index in [0.29, 0.717) is 11.3 Å². The Kier molecular flexibility index (Phi) is 3.87. The van der Waals surface area contributed by atoms with Crippen LogP contribution in [0.25, 0.3) is 0 Å². The fourth-order valence-electron chi connectivity index (χ4n) is 2.49. The predicted octanol–water partition coefficient (Wildman–Crippen LogP) is 1.78. The number of carbonyl (C=O) groups excluding carboxylic acids is 1. The second-order valence-corrected chi connectivity index (χ2v) is 4.33. The smallest absolute Gasteiger partial charge is 0.339 e. The van der Waals surface area contributed by atoms with Crippen molar-refractivity contribution in [1.82, 2.24) is 0 Å². The third-order valence-electron chi connectivity index (χ3n) is 3.29. The Morgan fingerprint density at radius 3 is 2.89 bits per heavy atom. The first-order valence-electron chi connectivity index (χ1n) is 6.22. The summed E-state index contributed by atoms with van der Waals surface area (Å²) in [4.78, 5) is 11.7. The van der Waals surface area contributed by atoms with Gasteiger partial charge in [-0.25, -0.2) is 4.79 Å². The number of benzene rings is 1. The van der Waals surface area contributed by atoms with E-state index >= 15 is 0 Å². The average Bonchev–Trinajstić information content (AvgIpc) is 2.85. The maximum Gasteiger partial charge on any atom is 0.339 e. The van der Waals surface area contributed by atoms with Crippen LogP contribution in [0.15, 0.2) is 12.1 Å². The van der Waals surface area contributed by atoms with E-state index in [4.69, 9.17) is 9.47 Å². The fraction of sp³-hybridized carbons (Fsp3) is 0.500. The van der Waals surface area contributed by atoms with Gasteiger partial charge in [0, 0.05) is 5.56 Å². The molecule has 1 atom stereocenters. The number of fused-ring (bicyclic) bond motifs is 1. The maximum absolute atomic E-state index is 11.7. The number of hydrogen-bond acceptors (Lipinski definition) is 4. The lowest BCUT2D eigenvalue weighted by molar-refractivity contribution is -0.153. The van der Waals surface area contributed by atoms with E-state index in [1.54, 1.807) is 6.92 Å². The van der Waals surface area contributed by atoms with Gasteiger partial charge in [0.1, 0.15) is 5.75 Å². The van der Waals surface area contributed by atoms with Gasteiger partial charge in [0.15, 0.2) is 6.10 Å². The molecule has 0 bridgehead atoms.